The summed E-state index contributed by atoms with van der Waals surface area (Å²) in [6.45, 7) is 1.33. The minimum atomic E-state index is -1.19. The van der Waals surface area contributed by atoms with Gasteiger partial charge in [0.25, 0.3) is 11.8 Å². The number of para-hydroxylation sites is 1. The molecule has 1 heterocycles. The van der Waals surface area contributed by atoms with Crippen molar-refractivity contribution in [2.24, 2.45) is 0 Å². The van der Waals surface area contributed by atoms with E-state index in [-0.39, 0.29) is 17.0 Å². The Bertz CT molecular complexity index is 1050. The van der Waals surface area contributed by atoms with Crippen LogP contribution in [0.1, 0.15) is 12.5 Å². The highest BCUT2D eigenvalue weighted by Crippen LogP contribution is 2.26. The van der Waals surface area contributed by atoms with Gasteiger partial charge in [0.2, 0.25) is 0 Å². The van der Waals surface area contributed by atoms with Crippen LogP contribution in [0, 0.1) is 5.82 Å². The third-order valence-electron chi connectivity index (χ3n) is 4.04. The Labute approximate surface area is 164 Å². The molecule has 0 aliphatic carbocycles. The smallest absolute Gasteiger partial charge is 0.344 e. The molecule has 2 aromatic carbocycles. The van der Waals surface area contributed by atoms with Gasteiger partial charge in [0.05, 0.1) is 5.69 Å². The highest BCUT2D eigenvalue weighted by atomic mass is 19.1. The maximum atomic E-state index is 13.5. The van der Waals surface area contributed by atoms with Crippen molar-refractivity contribution in [3.8, 4) is 5.75 Å². The Balaban J connectivity index is 2.01. The number of anilines is 1. The molecule has 8 nitrogen and oxygen atoms in total. The molecule has 2 N–H and O–H groups in total. The highest BCUT2D eigenvalue weighted by Gasteiger charge is 2.37. The quantitative estimate of drug-likeness (QED) is 0.591. The van der Waals surface area contributed by atoms with Gasteiger partial charge in [0.15, 0.2) is 6.10 Å². The second kappa shape index (κ2) is 7.93. The van der Waals surface area contributed by atoms with Crippen molar-refractivity contribution in [3.05, 3.63) is 65.5 Å². The second-order valence-corrected chi connectivity index (χ2v) is 6.07. The van der Waals surface area contributed by atoms with Crippen LogP contribution >= 0.6 is 0 Å². The number of amides is 4. The predicted octanol–water partition coefficient (Wildman–Crippen LogP) is 2.34. The number of carbonyl (C=O) groups excluding carboxylic acids is 3. The van der Waals surface area contributed by atoms with Crippen LogP contribution in [-0.2, 0) is 14.4 Å². The predicted molar refractivity (Wildman–Crippen MR) is 99.6 cm³/mol. The fourth-order valence-corrected chi connectivity index (χ4v) is 2.61. The Kier molecular flexibility index (Phi) is 5.40. The number of hydrogen-bond acceptors (Lipinski definition) is 5. The van der Waals surface area contributed by atoms with Gasteiger partial charge < -0.3 is 9.84 Å². The first-order valence-electron chi connectivity index (χ1n) is 8.43. The third kappa shape index (κ3) is 4.13. The molecule has 1 atom stereocenters. The maximum Gasteiger partial charge on any atom is 0.344 e. The molecule has 9 heteroatoms. The van der Waals surface area contributed by atoms with Gasteiger partial charge in [-0.05, 0) is 37.3 Å². The van der Waals surface area contributed by atoms with Crippen molar-refractivity contribution in [2.75, 3.05) is 4.90 Å². The van der Waals surface area contributed by atoms with Crippen molar-refractivity contribution in [1.29, 1.82) is 0 Å². The first-order chi connectivity index (χ1) is 13.8. The number of ether oxygens (including phenoxy) is 1. The zero-order valence-electron chi connectivity index (χ0n) is 15.1. The number of nitrogens with one attached hydrogen (secondary N) is 1. The summed E-state index contributed by atoms with van der Waals surface area (Å²) in [6.07, 6.45) is 0.0103. The van der Waals surface area contributed by atoms with Crippen LogP contribution in [0.15, 0.2) is 54.1 Å². The zero-order chi connectivity index (χ0) is 21.1. The van der Waals surface area contributed by atoms with Gasteiger partial charge >= 0.3 is 12.0 Å². The van der Waals surface area contributed by atoms with Crippen LogP contribution < -0.4 is 15.0 Å². The molecule has 1 aliphatic heterocycles. The number of nitrogens with zero attached hydrogens (tertiary/aromatic N) is 1. The summed E-state index contributed by atoms with van der Waals surface area (Å²) in [6, 6.07) is 9.98. The third-order valence-corrected chi connectivity index (χ3v) is 4.04. The van der Waals surface area contributed by atoms with E-state index in [1.54, 1.807) is 12.1 Å². The molecule has 148 valence electrons. The lowest BCUT2D eigenvalue weighted by Gasteiger charge is -2.26. The molecule has 0 radical (unpaired) electrons. The molecule has 0 bridgehead atoms. The SMILES string of the molecule is C[C@@H](Oc1ccccc1/C=C1\C(=O)NC(=O)N(c2cccc(F)c2)C1=O)C(=O)O. The largest absolute Gasteiger partial charge is 0.479 e. The number of imide groups is 2. The summed E-state index contributed by atoms with van der Waals surface area (Å²) in [5.74, 6) is -3.61. The Morgan fingerprint density at radius 1 is 1.17 bits per heavy atom. The van der Waals surface area contributed by atoms with Crippen molar-refractivity contribution < 1.29 is 33.4 Å². The summed E-state index contributed by atoms with van der Waals surface area (Å²) in [5.41, 5.74) is -0.185. The fourth-order valence-electron chi connectivity index (χ4n) is 2.61. The molecule has 0 unspecified atom stereocenters. The number of barbiturate groups is 1. The molecule has 0 aromatic heterocycles. The lowest BCUT2D eigenvalue weighted by Crippen LogP contribution is -2.54. The number of hydrogen-bond donors (Lipinski definition) is 2. The normalized spacial score (nSPS) is 16.6. The van der Waals surface area contributed by atoms with E-state index < -0.39 is 41.3 Å². The first kappa shape index (κ1) is 19.7. The Morgan fingerprint density at radius 2 is 1.90 bits per heavy atom. The van der Waals surface area contributed by atoms with Gasteiger partial charge in [-0.15, -0.1) is 0 Å². The van der Waals surface area contributed by atoms with E-state index in [1.807, 2.05) is 5.32 Å². The monoisotopic (exact) mass is 398 g/mol. The number of benzene rings is 2. The molecular formula is C20H15FN2O6. The number of halogens is 1. The second-order valence-electron chi connectivity index (χ2n) is 6.07. The number of urea groups is 1. The van der Waals surface area contributed by atoms with Gasteiger partial charge in [-0.3, -0.25) is 14.9 Å². The van der Waals surface area contributed by atoms with Crippen LogP contribution in [0.2, 0.25) is 0 Å². The van der Waals surface area contributed by atoms with Crippen molar-refractivity contribution in [2.45, 2.75) is 13.0 Å². The molecule has 1 fully saturated rings. The Morgan fingerprint density at radius 3 is 2.59 bits per heavy atom. The van der Waals surface area contributed by atoms with Gasteiger partial charge in [-0.1, -0.05) is 24.3 Å². The molecule has 29 heavy (non-hydrogen) atoms. The number of carboxylic acids is 1. The molecule has 0 saturated carbocycles. The summed E-state index contributed by atoms with van der Waals surface area (Å²) in [5, 5.41) is 11.0. The number of rotatable bonds is 5. The fraction of sp³-hybridized carbons (Fsp3) is 0.100. The van der Waals surface area contributed by atoms with E-state index in [0.717, 1.165) is 12.1 Å². The zero-order valence-corrected chi connectivity index (χ0v) is 15.1. The van der Waals surface area contributed by atoms with Crippen molar-refractivity contribution in [1.82, 2.24) is 5.32 Å². The maximum absolute atomic E-state index is 13.5. The Hall–Kier alpha value is -4.01. The van der Waals surface area contributed by atoms with E-state index in [4.69, 9.17) is 9.84 Å². The van der Waals surface area contributed by atoms with Gasteiger partial charge in [-0.25, -0.2) is 18.9 Å². The molecule has 3 rings (SSSR count). The standard InChI is InChI=1S/C20H15FN2O6/c1-11(19(26)27)29-16-8-3-2-5-12(16)9-15-17(24)22-20(28)23(18(15)25)14-7-4-6-13(21)10-14/h2-11H,1H3,(H,26,27)(H,22,24,28)/b15-9+/t11-/m1/s1. The van der Waals surface area contributed by atoms with Crippen molar-refractivity contribution >= 4 is 35.6 Å². The molecule has 2 aromatic rings. The first-order valence-corrected chi connectivity index (χ1v) is 8.43. The van der Waals surface area contributed by atoms with Crippen LogP contribution in [-0.4, -0.2) is 35.0 Å². The summed E-state index contributed by atoms with van der Waals surface area (Å²) in [7, 11) is 0. The van der Waals surface area contributed by atoms with Crippen molar-refractivity contribution in [3.63, 3.8) is 0 Å². The van der Waals surface area contributed by atoms with Crippen LogP contribution in [0.5, 0.6) is 5.75 Å². The van der Waals surface area contributed by atoms with Crippen LogP contribution in [0.4, 0.5) is 14.9 Å². The van der Waals surface area contributed by atoms with Gasteiger partial charge in [-0.2, -0.15) is 0 Å². The summed E-state index contributed by atoms with van der Waals surface area (Å²) < 4.78 is 18.9. The number of carbonyl (C=O) groups is 4. The lowest BCUT2D eigenvalue weighted by atomic mass is 10.1. The number of aliphatic carboxylic acids is 1. The van der Waals surface area contributed by atoms with E-state index in [2.05, 4.69) is 0 Å². The minimum absolute atomic E-state index is 0.0464. The van der Waals surface area contributed by atoms with Crippen LogP contribution in [0.25, 0.3) is 6.08 Å². The van der Waals surface area contributed by atoms with E-state index in [1.165, 1.54) is 37.3 Å². The molecule has 1 saturated heterocycles. The molecule has 0 spiro atoms. The van der Waals surface area contributed by atoms with Gasteiger partial charge in [0.1, 0.15) is 17.1 Å². The average molecular weight is 398 g/mol. The van der Waals surface area contributed by atoms with Gasteiger partial charge in [0, 0.05) is 5.56 Å². The minimum Gasteiger partial charge on any atom is -0.479 e. The topological polar surface area (TPSA) is 113 Å². The summed E-state index contributed by atoms with van der Waals surface area (Å²) >= 11 is 0. The van der Waals surface area contributed by atoms with E-state index in [0.29, 0.717) is 4.90 Å². The van der Waals surface area contributed by atoms with E-state index >= 15 is 0 Å². The van der Waals surface area contributed by atoms with E-state index in [9.17, 15) is 23.6 Å². The number of carboxylic acid groups (broad SMARTS) is 1. The molecular weight excluding hydrogens is 383 g/mol. The van der Waals surface area contributed by atoms with Crippen LogP contribution in [0.3, 0.4) is 0 Å². The lowest BCUT2D eigenvalue weighted by molar-refractivity contribution is -0.144. The molecule has 1 aliphatic rings. The molecule has 4 amide bonds. The highest BCUT2D eigenvalue weighted by molar-refractivity contribution is 6.39. The summed E-state index contributed by atoms with van der Waals surface area (Å²) in [4.78, 5) is 48.9. The average Bonchev–Trinajstić information content (AvgIpc) is 2.66.